The number of carbonyl (C=O) groups is 1. The fraction of sp³-hybridized carbons (Fsp3) is 0.111. The molecule has 0 saturated heterocycles. The molecule has 0 aliphatic carbocycles. The highest BCUT2D eigenvalue weighted by atomic mass is 35.5. The quantitative estimate of drug-likeness (QED) is 0.585. The maximum absolute atomic E-state index is 14.5. The summed E-state index contributed by atoms with van der Waals surface area (Å²) in [6.07, 6.45) is 0.507. The largest absolute Gasteiger partial charge is 0.294 e. The molecule has 4 rings (SSSR count). The van der Waals surface area contributed by atoms with Gasteiger partial charge in [0.2, 0.25) is 5.82 Å². The second-order valence-corrected chi connectivity index (χ2v) is 6.65. The second kappa shape index (κ2) is 6.51. The van der Waals surface area contributed by atoms with E-state index in [9.17, 15) is 13.6 Å². The van der Waals surface area contributed by atoms with E-state index < -0.39 is 17.7 Å². The van der Waals surface area contributed by atoms with Crippen molar-refractivity contribution < 1.29 is 13.6 Å². The first kappa shape index (κ1) is 17.8. The number of fused-ring (bicyclic) bond motifs is 3. The van der Waals surface area contributed by atoms with Crippen molar-refractivity contribution in [3.05, 3.63) is 74.8 Å². The third kappa shape index (κ3) is 2.74. The Morgan fingerprint density at radius 1 is 1.11 bits per heavy atom. The molecule has 1 aromatic heterocycles. The average Bonchev–Trinajstić information content (AvgIpc) is 3.03. The number of hydrogen-bond donors (Lipinski definition) is 0. The summed E-state index contributed by atoms with van der Waals surface area (Å²) >= 11 is 12.6. The molecule has 0 unspecified atom stereocenters. The predicted molar refractivity (Wildman–Crippen MR) is 97.2 cm³/mol. The molecular formula is C18H10Cl2F2N4O. The first-order chi connectivity index (χ1) is 12.9. The van der Waals surface area contributed by atoms with Crippen LogP contribution in [0.15, 0.2) is 35.3 Å². The minimum atomic E-state index is -0.788. The lowest BCUT2D eigenvalue weighted by molar-refractivity contribution is 0.111. The summed E-state index contributed by atoms with van der Waals surface area (Å²) < 4.78 is 30.4. The smallest absolute Gasteiger partial charge is 0.214 e. The summed E-state index contributed by atoms with van der Waals surface area (Å²) in [4.78, 5) is 19.7. The van der Waals surface area contributed by atoms with Gasteiger partial charge in [0.15, 0.2) is 12.1 Å². The Bertz CT molecular complexity index is 1110. The Morgan fingerprint density at radius 2 is 1.81 bits per heavy atom. The lowest BCUT2D eigenvalue weighted by atomic mass is 9.99. The number of aldehydes is 1. The van der Waals surface area contributed by atoms with Crippen LogP contribution in [0.5, 0.6) is 0 Å². The molecule has 0 radical (unpaired) electrons. The summed E-state index contributed by atoms with van der Waals surface area (Å²) in [5.41, 5.74) is 0.253. The minimum absolute atomic E-state index is 0.000512. The highest BCUT2D eigenvalue weighted by molar-refractivity contribution is 6.45. The Hall–Kier alpha value is -2.64. The molecule has 1 aliphatic rings. The van der Waals surface area contributed by atoms with Crippen LogP contribution in [0.1, 0.15) is 40.5 Å². The van der Waals surface area contributed by atoms with Crippen molar-refractivity contribution in [1.82, 2.24) is 14.8 Å². The molecule has 3 aromatic rings. The third-order valence-corrected chi connectivity index (χ3v) is 4.99. The molecule has 136 valence electrons. The average molecular weight is 407 g/mol. The molecule has 5 nitrogen and oxygen atoms in total. The summed E-state index contributed by atoms with van der Waals surface area (Å²) in [5.74, 6) is -1.28. The molecule has 0 fully saturated rings. The van der Waals surface area contributed by atoms with E-state index in [4.69, 9.17) is 23.2 Å². The van der Waals surface area contributed by atoms with Gasteiger partial charge in [0.05, 0.1) is 27.0 Å². The van der Waals surface area contributed by atoms with Crippen molar-refractivity contribution in [3.63, 3.8) is 0 Å². The van der Waals surface area contributed by atoms with Crippen LogP contribution in [-0.4, -0.2) is 26.8 Å². The zero-order chi connectivity index (χ0) is 19.3. The molecule has 0 spiro atoms. The van der Waals surface area contributed by atoms with Gasteiger partial charge in [0.1, 0.15) is 17.7 Å². The van der Waals surface area contributed by atoms with Gasteiger partial charge in [-0.1, -0.05) is 29.3 Å². The number of hydrogen-bond acceptors (Lipinski definition) is 4. The molecule has 0 saturated carbocycles. The standard InChI is InChI=1S/C18H10Cl2F2N4O/c1-8-18-24-13(7-27)25-26(18)12-6-5-9(19)16(20)15(12)17(23-8)14-10(21)3-2-4-11(14)22/h2-8H,1H3/t8-/m0/s1. The van der Waals surface area contributed by atoms with E-state index in [0.717, 1.165) is 12.1 Å². The van der Waals surface area contributed by atoms with Crippen LogP contribution in [0.3, 0.4) is 0 Å². The van der Waals surface area contributed by atoms with Gasteiger partial charge in [-0.3, -0.25) is 9.79 Å². The van der Waals surface area contributed by atoms with Gasteiger partial charge < -0.3 is 0 Å². The molecule has 0 bridgehead atoms. The number of rotatable bonds is 2. The number of halogens is 4. The Kier molecular flexibility index (Phi) is 4.28. The van der Waals surface area contributed by atoms with E-state index in [2.05, 4.69) is 15.1 Å². The molecule has 9 heteroatoms. The predicted octanol–water partition coefficient (Wildman–Crippen LogP) is 4.58. The number of carbonyl (C=O) groups excluding carboxylic acids is 1. The topological polar surface area (TPSA) is 60.1 Å². The molecule has 2 aromatic carbocycles. The van der Waals surface area contributed by atoms with E-state index in [1.165, 1.54) is 16.8 Å². The van der Waals surface area contributed by atoms with Crippen LogP contribution in [-0.2, 0) is 0 Å². The van der Waals surface area contributed by atoms with E-state index in [0.29, 0.717) is 17.8 Å². The number of nitrogens with zero attached hydrogens (tertiary/aromatic N) is 4. The first-order valence-electron chi connectivity index (χ1n) is 7.85. The van der Waals surface area contributed by atoms with Crippen molar-refractivity contribution in [2.24, 2.45) is 4.99 Å². The summed E-state index contributed by atoms with van der Waals surface area (Å²) in [7, 11) is 0. The van der Waals surface area contributed by atoms with Crippen LogP contribution in [0, 0.1) is 11.6 Å². The molecule has 0 N–H and O–H groups in total. The fourth-order valence-corrected chi connectivity index (χ4v) is 3.42. The van der Waals surface area contributed by atoms with Gasteiger partial charge in [-0.25, -0.2) is 18.4 Å². The van der Waals surface area contributed by atoms with Gasteiger partial charge in [0.25, 0.3) is 0 Å². The van der Waals surface area contributed by atoms with Crippen LogP contribution in [0.4, 0.5) is 8.78 Å². The highest BCUT2D eigenvalue weighted by Gasteiger charge is 2.30. The highest BCUT2D eigenvalue weighted by Crippen LogP contribution is 2.37. The number of benzene rings is 2. The maximum atomic E-state index is 14.5. The second-order valence-electron chi connectivity index (χ2n) is 5.86. The van der Waals surface area contributed by atoms with Gasteiger partial charge in [-0.05, 0) is 31.2 Å². The van der Waals surface area contributed by atoms with E-state index in [1.807, 2.05) is 0 Å². The first-order valence-corrected chi connectivity index (χ1v) is 8.61. The lowest BCUT2D eigenvalue weighted by Crippen LogP contribution is -2.13. The third-order valence-electron chi connectivity index (χ3n) is 4.19. The fourth-order valence-electron chi connectivity index (χ4n) is 3.01. The molecule has 1 atom stereocenters. The maximum Gasteiger partial charge on any atom is 0.214 e. The Labute approximate surface area is 162 Å². The van der Waals surface area contributed by atoms with Gasteiger partial charge >= 0.3 is 0 Å². The van der Waals surface area contributed by atoms with E-state index in [1.54, 1.807) is 13.0 Å². The van der Waals surface area contributed by atoms with Gasteiger partial charge in [-0.15, -0.1) is 5.10 Å². The Morgan fingerprint density at radius 3 is 2.48 bits per heavy atom. The van der Waals surface area contributed by atoms with Gasteiger partial charge in [0, 0.05) is 5.56 Å². The number of aliphatic imine (C=N–C) groups is 1. The lowest BCUT2D eigenvalue weighted by Gasteiger charge is -2.14. The molecule has 2 heterocycles. The van der Waals surface area contributed by atoms with Crippen LogP contribution >= 0.6 is 23.2 Å². The van der Waals surface area contributed by atoms with Crippen molar-refractivity contribution in [3.8, 4) is 5.69 Å². The summed E-state index contributed by atoms with van der Waals surface area (Å²) in [5, 5.41) is 4.39. The van der Waals surface area contributed by atoms with Crippen molar-refractivity contribution in [1.29, 1.82) is 0 Å². The van der Waals surface area contributed by atoms with Crippen molar-refractivity contribution >= 4 is 35.2 Å². The molecule has 0 amide bonds. The molecular weight excluding hydrogens is 397 g/mol. The van der Waals surface area contributed by atoms with E-state index in [-0.39, 0.29) is 32.7 Å². The Balaban J connectivity index is 2.12. The molecule has 1 aliphatic heterocycles. The van der Waals surface area contributed by atoms with Gasteiger partial charge in [-0.2, -0.15) is 0 Å². The van der Waals surface area contributed by atoms with Crippen LogP contribution in [0.25, 0.3) is 5.69 Å². The van der Waals surface area contributed by atoms with Crippen molar-refractivity contribution in [2.45, 2.75) is 13.0 Å². The van der Waals surface area contributed by atoms with Crippen molar-refractivity contribution in [2.75, 3.05) is 0 Å². The number of aromatic nitrogens is 3. The van der Waals surface area contributed by atoms with E-state index >= 15 is 0 Å². The molecule has 27 heavy (non-hydrogen) atoms. The summed E-state index contributed by atoms with van der Waals surface area (Å²) in [6, 6.07) is 6.00. The van der Waals surface area contributed by atoms with Crippen LogP contribution in [0.2, 0.25) is 10.0 Å². The minimum Gasteiger partial charge on any atom is -0.294 e. The zero-order valence-electron chi connectivity index (χ0n) is 13.8. The van der Waals surface area contributed by atoms with Crippen LogP contribution < -0.4 is 0 Å². The normalized spacial score (nSPS) is 15.6. The summed E-state index contributed by atoms with van der Waals surface area (Å²) in [6.45, 7) is 1.68. The SMILES string of the molecule is C[C@@H]1N=C(c2c(F)cccc2F)c2c(ccc(Cl)c2Cl)-n2nc(C=O)nc21. The zero-order valence-corrected chi connectivity index (χ0v) is 15.3. The monoisotopic (exact) mass is 406 g/mol.